The first-order chi connectivity index (χ1) is 10.3. The molecule has 0 fully saturated rings. The van der Waals surface area contributed by atoms with Crippen LogP contribution in [0.2, 0.25) is 0 Å². The first-order valence-corrected chi connectivity index (χ1v) is 8.16. The van der Waals surface area contributed by atoms with Gasteiger partial charge in [0.15, 0.2) is 0 Å². The highest BCUT2D eigenvalue weighted by Crippen LogP contribution is 2.42. The van der Waals surface area contributed by atoms with Gasteiger partial charge < -0.3 is 5.11 Å². The molecule has 1 heteroatoms. The maximum Gasteiger partial charge on any atom is 0.0617 e. The molecule has 1 N–H and O–H groups in total. The molecule has 21 heavy (non-hydrogen) atoms. The number of aliphatic hydroxyl groups excluding tert-OH is 1. The fourth-order valence-electron chi connectivity index (χ4n) is 4.20. The predicted octanol–water partition coefficient (Wildman–Crippen LogP) is 4.20. The number of hydrogen-bond donors (Lipinski definition) is 1. The van der Waals surface area contributed by atoms with E-state index < -0.39 is 0 Å². The van der Waals surface area contributed by atoms with Crippen LogP contribution < -0.4 is 0 Å². The summed E-state index contributed by atoms with van der Waals surface area (Å²) < 4.78 is 0. The molecule has 2 aliphatic rings. The van der Waals surface area contributed by atoms with Crippen LogP contribution in [-0.2, 0) is 12.8 Å². The van der Waals surface area contributed by atoms with Gasteiger partial charge in [0.2, 0.25) is 0 Å². The van der Waals surface area contributed by atoms with Gasteiger partial charge in [-0.3, -0.25) is 0 Å². The topological polar surface area (TPSA) is 20.2 Å². The van der Waals surface area contributed by atoms with Crippen LogP contribution in [0.3, 0.4) is 0 Å². The molecule has 0 amide bonds. The van der Waals surface area contributed by atoms with Crippen molar-refractivity contribution >= 4 is 0 Å². The van der Waals surface area contributed by atoms with Crippen molar-refractivity contribution in [2.45, 2.75) is 50.0 Å². The summed E-state index contributed by atoms with van der Waals surface area (Å²) in [6.07, 6.45) is 5.45. The Morgan fingerprint density at radius 2 is 1.67 bits per heavy atom. The number of benzene rings is 2. The van der Waals surface area contributed by atoms with Gasteiger partial charge in [-0.1, -0.05) is 48.5 Å². The first kappa shape index (κ1) is 13.1. The molecule has 0 saturated carbocycles. The summed E-state index contributed by atoms with van der Waals surface area (Å²) in [5.41, 5.74) is 5.77. The largest absolute Gasteiger partial charge is 0.392 e. The quantitative estimate of drug-likeness (QED) is 0.892. The molecule has 0 aliphatic heterocycles. The second-order valence-electron chi connectivity index (χ2n) is 6.60. The normalized spacial score (nSPS) is 24.6. The first-order valence-electron chi connectivity index (χ1n) is 8.16. The van der Waals surface area contributed by atoms with E-state index >= 15 is 0 Å². The van der Waals surface area contributed by atoms with Crippen molar-refractivity contribution in [1.29, 1.82) is 0 Å². The maximum atomic E-state index is 10.7. The molecule has 2 aliphatic carbocycles. The Morgan fingerprint density at radius 1 is 0.952 bits per heavy atom. The molecule has 4 rings (SSSR count). The van der Waals surface area contributed by atoms with E-state index in [4.69, 9.17) is 0 Å². The van der Waals surface area contributed by atoms with Crippen LogP contribution in [0.25, 0.3) is 0 Å². The van der Waals surface area contributed by atoms with E-state index in [1.807, 2.05) is 0 Å². The van der Waals surface area contributed by atoms with E-state index in [2.05, 4.69) is 48.5 Å². The molecule has 0 bridgehead atoms. The zero-order valence-electron chi connectivity index (χ0n) is 12.3. The van der Waals surface area contributed by atoms with E-state index in [-0.39, 0.29) is 6.10 Å². The van der Waals surface area contributed by atoms with Crippen LogP contribution in [-0.4, -0.2) is 11.2 Å². The number of rotatable bonds is 3. The van der Waals surface area contributed by atoms with Crippen LogP contribution in [0.1, 0.15) is 53.4 Å². The zero-order valence-corrected chi connectivity index (χ0v) is 12.3. The summed E-state index contributed by atoms with van der Waals surface area (Å²) >= 11 is 0. The lowest BCUT2D eigenvalue weighted by Gasteiger charge is -2.36. The highest BCUT2D eigenvalue weighted by Gasteiger charge is 2.33. The van der Waals surface area contributed by atoms with Crippen molar-refractivity contribution in [3.63, 3.8) is 0 Å². The lowest BCUT2D eigenvalue weighted by Crippen LogP contribution is -2.30. The maximum absolute atomic E-state index is 10.7. The van der Waals surface area contributed by atoms with Crippen molar-refractivity contribution in [2.24, 2.45) is 0 Å². The molecule has 0 spiro atoms. The minimum atomic E-state index is -0.198. The highest BCUT2D eigenvalue weighted by atomic mass is 16.3. The molecular weight excluding hydrogens is 256 g/mol. The van der Waals surface area contributed by atoms with Crippen LogP contribution in [0.4, 0.5) is 0 Å². The van der Waals surface area contributed by atoms with Crippen molar-refractivity contribution in [2.75, 3.05) is 0 Å². The third-order valence-corrected chi connectivity index (χ3v) is 5.38. The Balaban J connectivity index is 1.50. The molecule has 2 aromatic rings. The Morgan fingerprint density at radius 3 is 2.48 bits per heavy atom. The molecule has 108 valence electrons. The monoisotopic (exact) mass is 278 g/mol. The Labute approximate surface area is 126 Å². The lowest BCUT2D eigenvalue weighted by atomic mass is 9.70. The minimum Gasteiger partial charge on any atom is -0.392 e. The Bertz CT molecular complexity index is 646. The molecule has 3 atom stereocenters. The van der Waals surface area contributed by atoms with Crippen molar-refractivity contribution in [3.8, 4) is 0 Å². The van der Waals surface area contributed by atoms with E-state index in [1.165, 1.54) is 41.5 Å². The van der Waals surface area contributed by atoms with Crippen molar-refractivity contribution in [3.05, 3.63) is 70.8 Å². The zero-order chi connectivity index (χ0) is 14.2. The summed E-state index contributed by atoms with van der Waals surface area (Å²) in [5.74, 6) is 0.896. The predicted molar refractivity (Wildman–Crippen MR) is 85.6 cm³/mol. The molecule has 3 unspecified atom stereocenters. The van der Waals surface area contributed by atoms with Gasteiger partial charge in [-0.2, -0.15) is 0 Å². The van der Waals surface area contributed by atoms with Gasteiger partial charge in [0.1, 0.15) is 0 Å². The standard InChI is InChI=1S/C20H22O/c21-20(19-12-15-7-2-4-11-18(15)19)13-16-9-5-8-14-6-1-3-10-17(14)16/h1-4,6-7,10-11,16,19-21H,5,8-9,12-13H2. The van der Waals surface area contributed by atoms with E-state index in [0.717, 1.165) is 12.8 Å². The van der Waals surface area contributed by atoms with Gasteiger partial charge in [0, 0.05) is 5.92 Å². The van der Waals surface area contributed by atoms with Gasteiger partial charge in [-0.05, 0) is 60.3 Å². The van der Waals surface area contributed by atoms with Crippen molar-refractivity contribution < 1.29 is 5.11 Å². The Hall–Kier alpha value is -1.60. The van der Waals surface area contributed by atoms with Gasteiger partial charge in [-0.15, -0.1) is 0 Å². The minimum absolute atomic E-state index is 0.198. The van der Waals surface area contributed by atoms with Gasteiger partial charge in [0.05, 0.1) is 6.10 Å². The summed E-state index contributed by atoms with van der Waals surface area (Å²) in [6, 6.07) is 17.4. The third kappa shape index (κ3) is 2.30. The number of fused-ring (bicyclic) bond motifs is 2. The summed E-state index contributed by atoms with van der Waals surface area (Å²) in [6.45, 7) is 0. The highest BCUT2D eigenvalue weighted by molar-refractivity contribution is 5.41. The number of aryl methyl sites for hydroxylation is 1. The van der Waals surface area contributed by atoms with Crippen LogP contribution in [0.5, 0.6) is 0 Å². The molecule has 0 aromatic heterocycles. The van der Waals surface area contributed by atoms with Crippen LogP contribution >= 0.6 is 0 Å². The van der Waals surface area contributed by atoms with Gasteiger partial charge >= 0.3 is 0 Å². The molecule has 0 saturated heterocycles. The molecule has 1 nitrogen and oxygen atoms in total. The molecule has 0 heterocycles. The van der Waals surface area contributed by atoms with E-state index in [0.29, 0.717) is 11.8 Å². The average molecular weight is 278 g/mol. The third-order valence-electron chi connectivity index (χ3n) is 5.38. The number of hydrogen-bond acceptors (Lipinski definition) is 1. The smallest absolute Gasteiger partial charge is 0.0617 e. The SMILES string of the molecule is OC(CC1CCCc2ccccc21)C1Cc2ccccc21. The Kier molecular flexibility index (Phi) is 3.31. The lowest BCUT2D eigenvalue weighted by molar-refractivity contribution is 0.113. The van der Waals surface area contributed by atoms with Gasteiger partial charge in [-0.25, -0.2) is 0 Å². The fraction of sp³-hybridized carbons (Fsp3) is 0.400. The second-order valence-corrected chi connectivity index (χ2v) is 6.60. The average Bonchev–Trinajstić information content (AvgIpc) is 2.49. The molecule has 0 radical (unpaired) electrons. The van der Waals surface area contributed by atoms with E-state index in [1.54, 1.807) is 0 Å². The molecule has 2 aromatic carbocycles. The van der Waals surface area contributed by atoms with Crippen molar-refractivity contribution in [1.82, 2.24) is 0 Å². The van der Waals surface area contributed by atoms with E-state index in [9.17, 15) is 5.11 Å². The second kappa shape index (κ2) is 5.31. The van der Waals surface area contributed by atoms with Crippen LogP contribution in [0.15, 0.2) is 48.5 Å². The number of aliphatic hydroxyl groups is 1. The summed E-state index contributed by atoms with van der Waals surface area (Å²) in [7, 11) is 0. The summed E-state index contributed by atoms with van der Waals surface area (Å²) in [4.78, 5) is 0. The fourth-order valence-corrected chi connectivity index (χ4v) is 4.20. The van der Waals surface area contributed by atoms with Gasteiger partial charge in [0.25, 0.3) is 0 Å². The molecular formula is C20H22O. The van der Waals surface area contributed by atoms with Crippen LogP contribution in [0, 0.1) is 0 Å². The summed E-state index contributed by atoms with van der Waals surface area (Å²) in [5, 5.41) is 10.7.